The van der Waals surface area contributed by atoms with Gasteiger partial charge in [0, 0.05) is 11.0 Å². The lowest BCUT2D eigenvalue weighted by molar-refractivity contribution is 0.0968. The zero-order valence-electron chi connectivity index (χ0n) is 7.92. The summed E-state index contributed by atoms with van der Waals surface area (Å²) in [5.41, 5.74) is 1.46. The standard InChI is InChI=1S/C10H9NO3P/c11-7-8-2-1-3-9(6-8)10-4-5-13-15(12)14-10/h1-3,6,10H,4-5H2/q+1/t10-/m0/s1. The van der Waals surface area contributed by atoms with Crippen LogP contribution in [0.3, 0.4) is 0 Å². The van der Waals surface area contributed by atoms with Crippen molar-refractivity contribution in [3.8, 4) is 6.07 Å². The Balaban J connectivity index is 2.21. The summed E-state index contributed by atoms with van der Waals surface area (Å²) in [4.78, 5) is 0. The van der Waals surface area contributed by atoms with E-state index in [-0.39, 0.29) is 6.10 Å². The fourth-order valence-electron chi connectivity index (χ4n) is 1.46. The molecule has 2 rings (SSSR count). The quantitative estimate of drug-likeness (QED) is 0.685. The van der Waals surface area contributed by atoms with E-state index in [0.717, 1.165) is 5.56 Å². The molecule has 1 aromatic rings. The van der Waals surface area contributed by atoms with Gasteiger partial charge in [-0.05, 0) is 17.7 Å². The van der Waals surface area contributed by atoms with E-state index in [1.165, 1.54) is 0 Å². The molecule has 1 aliphatic rings. The lowest BCUT2D eigenvalue weighted by Crippen LogP contribution is -2.09. The third-order valence-corrected chi connectivity index (χ3v) is 3.00. The third kappa shape index (κ3) is 2.40. The molecular formula is C10H9NO3P+. The van der Waals surface area contributed by atoms with Crippen LogP contribution < -0.4 is 0 Å². The normalized spacial score (nSPS) is 23.4. The van der Waals surface area contributed by atoms with E-state index >= 15 is 0 Å². The summed E-state index contributed by atoms with van der Waals surface area (Å²) < 4.78 is 21.0. The third-order valence-electron chi connectivity index (χ3n) is 2.18. The Morgan fingerprint density at radius 2 is 2.40 bits per heavy atom. The number of hydrogen-bond acceptors (Lipinski definition) is 4. The second-order valence-electron chi connectivity index (χ2n) is 3.18. The second kappa shape index (κ2) is 4.50. The molecule has 2 atom stereocenters. The molecule has 1 unspecified atom stereocenters. The first-order valence-electron chi connectivity index (χ1n) is 4.56. The monoisotopic (exact) mass is 222 g/mol. The molecule has 5 heteroatoms. The van der Waals surface area contributed by atoms with Gasteiger partial charge in [-0.3, -0.25) is 0 Å². The van der Waals surface area contributed by atoms with Gasteiger partial charge in [-0.25, -0.2) is 0 Å². The van der Waals surface area contributed by atoms with E-state index < -0.39 is 8.25 Å². The largest absolute Gasteiger partial charge is 0.698 e. The van der Waals surface area contributed by atoms with Crippen LogP contribution in [-0.4, -0.2) is 6.61 Å². The summed E-state index contributed by atoms with van der Waals surface area (Å²) in [6, 6.07) is 9.18. The number of nitrogens with zero attached hydrogens (tertiary/aromatic N) is 1. The van der Waals surface area contributed by atoms with Gasteiger partial charge >= 0.3 is 8.25 Å². The van der Waals surface area contributed by atoms with Crippen molar-refractivity contribution in [1.82, 2.24) is 0 Å². The average molecular weight is 222 g/mol. The van der Waals surface area contributed by atoms with Gasteiger partial charge in [0.05, 0.1) is 11.6 Å². The molecule has 0 spiro atoms. The van der Waals surface area contributed by atoms with Crippen LogP contribution in [-0.2, 0) is 13.6 Å². The molecule has 0 bridgehead atoms. The van der Waals surface area contributed by atoms with Gasteiger partial charge in [0.2, 0.25) is 0 Å². The Morgan fingerprint density at radius 3 is 3.13 bits per heavy atom. The maximum Gasteiger partial charge on any atom is 0.698 e. The first-order chi connectivity index (χ1) is 7.29. The first-order valence-corrected chi connectivity index (χ1v) is 5.66. The highest BCUT2D eigenvalue weighted by atomic mass is 31.1. The highest BCUT2D eigenvalue weighted by Crippen LogP contribution is 2.39. The molecule has 0 aliphatic carbocycles. The number of rotatable bonds is 1. The SMILES string of the molecule is N#Cc1cccc([C@@H]2CCO[P+](=O)O2)c1. The van der Waals surface area contributed by atoms with Crippen molar-refractivity contribution < 1.29 is 13.6 Å². The first kappa shape index (κ1) is 10.3. The van der Waals surface area contributed by atoms with E-state index in [2.05, 4.69) is 6.07 Å². The molecule has 15 heavy (non-hydrogen) atoms. The van der Waals surface area contributed by atoms with Crippen molar-refractivity contribution in [2.24, 2.45) is 0 Å². The van der Waals surface area contributed by atoms with Gasteiger partial charge in [0.25, 0.3) is 0 Å². The molecule has 76 valence electrons. The van der Waals surface area contributed by atoms with E-state index in [4.69, 9.17) is 14.3 Å². The average Bonchev–Trinajstić information content (AvgIpc) is 2.29. The summed E-state index contributed by atoms with van der Waals surface area (Å²) in [5, 5.41) is 8.74. The number of benzene rings is 1. The molecule has 1 heterocycles. The zero-order valence-corrected chi connectivity index (χ0v) is 8.81. The molecular weight excluding hydrogens is 213 g/mol. The van der Waals surface area contributed by atoms with Crippen LogP contribution in [0.5, 0.6) is 0 Å². The Bertz CT molecular complexity index is 427. The van der Waals surface area contributed by atoms with Crippen molar-refractivity contribution in [3.63, 3.8) is 0 Å². The molecule has 0 aromatic heterocycles. The van der Waals surface area contributed by atoms with Crippen LogP contribution in [0.15, 0.2) is 24.3 Å². The summed E-state index contributed by atoms with van der Waals surface area (Å²) in [7, 11) is -2.00. The lowest BCUT2D eigenvalue weighted by Gasteiger charge is -2.13. The summed E-state index contributed by atoms with van der Waals surface area (Å²) >= 11 is 0. The van der Waals surface area contributed by atoms with Crippen LogP contribution >= 0.6 is 8.25 Å². The Kier molecular flexibility index (Phi) is 3.08. The van der Waals surface area contributed by atoms with Crippen molar-refractivity contribution in [2.75, 3.05) is 6.61 Å². The highest BCUT2D eigenvalue weighted by Gasteiger charge is 2.34. The number of hydrogen-bond donors (Lipinski definition) is 0. The maximum atomic E-state index is 11.0. The topological polar surface area (TPSA) is 59.3 Å². The van der Waals surface area contributed by atoms with E-state index in [1.54, 1.807) is 18.2 Å². The molecule has 0 radical (unpaired) electrons. The predicted octanol–water partition coefficient (Wildman–Crippen LogP) is 2.69. The van der Waals surface area contributed by atoms with Crippen molar-refractivity contribution in [3.05, 3.63) is 35.4 Å². The van der Waals surface area contributed by atoms with Crippen LogP contribution in [0.4, 0.5) is 0 Å². The summed E-state index contributed by atoms with van der Waals surface area (Å²) in [6.07, 6.45) is 0.436. The Morgan fingerprint density at radius 1 is 1.53 bits per heavy atom. The van der Waals surface area contributed by atoms with Gasteiger partial charge < -0.3 is 0 Å². The van der Waals surface area contributed by atoms with E-state index in [0.29, 0.717) is 18.6 Å². The van der Waals surface area contributed by atoms with E-state index in [9.17, 15) is 4.57 Å². The van der Waals surface area contributed by atoms with Crippen molar-refractivity contribution in [1.29, 1.82) is 5.26 Å². The predicted molar refractivity (Wildman–Crippen MR) is 53.2 cm³/mol. The minimum absolute atomic E-state index is 0.226. The molecule has 1 aliphatic heterocycles. The van der Waals surface area contributed by atoms with Gasteiger partial charge in [0.15, 0.2) is 0 Å². The van der Waals surface area contributed by atoms with Gasteiger partial charge in [-0.2, -0.15) is 5.26 Å². The summed E-state index contributed by atoms with van der Waals surface area (Å²) in [6.45, 7) is 0.427. The Labute approximate surface area is 88.4 Å². The Hall–Kier alpha value is -1.27. The minimum Gasteiger partial charge on any atom is -0.192 e. The van der Waals surface area contributed by atoms with Gasteiger partial charge in [-0.15, -0.1) is 9.05 Å². The van der Waals surface area contributed by atoms with Gasteiger partial charge in [0.1, 0.15) is 12.7 Å². The molecule has 1 saturated heterocycles. The fraction of sp³-hybridized carbons (Fsp3) is 0.300. The van der Waals surface area contributed by atoms with E-state index in [1.807, 2.05) is 6.07 Å². The summed E-state index contributed by atoms with van der Waals surface area (Å²) in [5.74, 6) is 0. The molecule has 0 saturated carbocycles. The van der Waals surface area contributed by atoms with Gasteiger partial charge in [-0.1, -0.05) is 12.1 Å². The highest BCUT2D eigenvalue weighted by molar-refractivity contribution is 7.33. The molecule has 4 nitrogen and oxygen atoms in total. The second-order valence-corrected chi connectivity index (χ2v) is 4.09. The fourth-order valence-corrected chi connectivity index (χ4v) is 2.21. The zero-order chi connectivity index (χ0) is 10.7. The molecule has 1 fully saturated rings. The van der Waals surface area contributed by atoms with Crippen LogP contribution in [0.25, 0.3) is 0 Å². The minimum atomic E-state index is -2.00. The molecule has 1 aromatic carbocycles. The van der Waals surface area contributed by atoms with Crippen molar-refractivity contribution >= 4 is 8.25 Å². The smallest absolute Gasteiger partial charge is 0.192 e. The van der Waals surface area contributed by atoms with Crippen LogP contribution in [0, 0.1) is 11.3 Å². The lowest BCUT2D eigenvalue weighted by atomic mass is 10.0. The maximum absolute atomic E-state index is 11.0. The molecule has 0 amide bonds. The number of nitriles is 1. The van der Waals surface area contributed by atoms with Crippen LogP contribution in [0.2, 0.25) is 0 Å². The van der Waals surface area contributed by atoms with Crippen molar-refractivity contribution in [2.45, 2.75) is 12.5 Å². The molecule has 0 N–H and O–H groups in total. The van der Waals surface area contributed by atoms with Crippen LogP contribution in [0.1, 0.15) is 23.7 Å².